The summed E-state index contributed by atoms with van der Waals surface area (Å²) in [5.41, 5.74) is 6.86. The van der Waals surface area contributed by atoms with Gasteiger partial charge in [-0.3, -0.25) is 23.7 Å². The van der Waals surface area contributed by atoms with Crippen molar-refractivity contribution in [2.24, 2.45) is 0 Å². The number of nitrogens with zero attached hydrogens (tertiary/aromatic N) is 7. The quantitative estimate of drug-likeness (QED) is 0.195. The predicted molar refractivity (Wildman–Crippen MR) is 188 cm³/mol. The van der Waals surface area contributed by atoms with Gasteiger partial charge in [-0.15, -0.1) is 0 Å². The van der Waals surface area contributed by atoms with Crippen molar-refractivity contribution in [3.8, 4) is 23.0 Å². The highest BCUT2D eigenvalue weighted by Gasteiger charge is 2.43. The second-order valence-electron chi connectivity index (χ2n) is 13.4. The zero-order chi connectivity index (χ0) is 36.9. The Labute approximate surface area is 295 Å². The molecule has 0 radical (unpaired) electrons. The molecule has 4 aromatic heterocycles. The lowest BCUT2D eigenvalue weighted by Crippen LogP contribution is -2.31. The molecule has 0 unspecified atom stereocenters. The van der Waals surface area contributed by atoms with Crippen LogP contribution in [0.25, 0.3) is 23.0 Å². The first-order chi connectivity index (χ1) is 24.7. The predicted octanol–water partition coefficient (Wildman–Crippen LogP) is 4.39. The van der Waals surface area contributed by atoms with Gasteiger partial charge in [-0.1, -0.05) is 36.4 Å². The lowest BCUT2D eigenvalue weighted by molar-refractivity contribution is -0.120. The molecule has 16 heteroatoms. The number of anilines is 3. The third kappa shape index (κ3) is 6.07. The van der Waals surface area contributed by atoms with Crippen LogP contribution in [-0.4, -0.2) is 51.3 Å². The van der Waals surface area contributed by atoms with Gasteiger partial charge < -0.3 is 21.4 Å². The maximum atomic E-state index is 13.8. The number of hydrogen-bond acceptors (Lipinski definition) is 9. The first-order valence-corrected chi connectivity index (χ1v) is 16.2. The number of rotatable bonds is 6. The summed E-state index contributed by atoms with van der Waals surface area (Å²) in [4.78, 5) is 52.3. The van der Waals surface area contributed by atoms with Gasteiger partial charge in [0.05, 0.1) is 35.0 Å². The number of amides is 2. The van der Waals surface area contributed by atoms with Gasteiger partial charge >= 0.3 is 0 Å². The minimum absolute atomic E-state index is 0.171. The molecule has 0 saturated carbocycles. The highest BCUT2D eigenvalue weighted by atomic mass is 19.1. The number of nitrogens with one attached hydrogen (secondary N) is 3. The average molecular weight is 706 g/mol. The van der Waals surface area contributed by atoms with Crippen LogP contribution in [-0.2, 0) is 33.5 Å². The molecule has 14 nitrogen and oxygen atoms in total. The van der Waals surface area contributed by atoms with E-state index in [2.05, 4.69) is 40.8 Å². The topological polar surface area (TPSA) is 191 Å². The number of hydrogen-bond donors (Lipinski definition) is 4. The first-order valence-electron chi connectivity index (χ1n) is 16.2. The smallest absolute Gasteiger partial charge is 0.257 e. The van der Waals surface area contributed by atoms with Crippen molar-refractivity contribution in [1.82, 2.24) is 39.5 Å². The molecule has 5 N–H and O–H groups in total. The van der Waals surface area contributed by atoms with Crippen LogP contribution >= 0.6 is 0 Å². The number of nitrogens with two attached hydrogens (primary N) is 1. The van der Waals surface area contributed by atoms with Gasteiger partial charge in [0.1, 0.15) is 40.5 Å². The maximum absolute atomic E-state index is 13.8. The van der Waals surface area contributed by atoms with E-state index < -0.39 is 10.8 Å². The zero-order valence-corrected chi connectivity index (χ0v) is 28.5. The summed E-state index contributed by atoms with van der Waals surface area (Å²) >= 11 is 0. The van der Waals surface area contributed by atoms with E-state index in [0.29, 0.717) is 45.3 Å². The number of aromatic nitrogens is 8. The number of aromatic amines is 1. The zero-order valence-electron chi connectivity index (χ0n) is 28.5. The molecule has 264 valence electrons. The van der Waals surface area contributed by atoms with E-state index in [1.165, 1.54) is 12.1 Å². The van der Waals surface area contributed by atoms with Crippen molar-refractivity contribution in [2.45, 2.75) is 51.6 Å². The minimum Gasteiger partial charge on any atom is -0.383 e. The van der Waals surface area contributed by atoms with Crippen LogP contribution in [0.15, 0.2) is 77.9 Å². The standard InChI is InChI=1S/C18H17FN6O.C18H16FN5O2/c1-18(2)13-14(20)21-15(22-16(13)23-17(18)26)12-7-8-25(24-12)9-10-5-3-4-6-11(10)19;1-18(2)13-15(22-17(18)26)20-14(21-16(13)25)12-7-8-24(23-12)9-10-5-3-4-6-11(10)19/h3-8H,9H2,1-2H3,(H3,20,21,22,23,26);3-8H,9H2,1-2H3,(H2,20,21,22,25,26). The van der Waals surface area contributed by atoms with Crippen molar-refractivity contribution in [3.63, 3.8) is 0 Å². The molecule has 0 bridgehead atoms. The van der Waals surface area contributed by atoms with Crippen molar-refractivity contribution < 1.29 is 18.4 Å². The molecule has 2 amide bonds. The number of nitrogen functional groups attached to an aromatic ring is 1. The molecular formula is C36H33F2N11O3. The fraction of sp³-hybridized carbons (Fsp3) is 0.222. The van der Waals surface area contributed by atoms with Crippen LogP contribution in [0.2, 0.25) is 0 Å². The van der Waals surface area contributed by atoms with E-state index >= 15 is 0 Å². The van der Waals surface area contributed by atoms with Crippen molar-refractivity contribution in [3.05, 3.63) is 117 Å². The Morgan fingerprint density at radius 1 is 0.673 bits per heavy atom. The molecule has 2 aromatic carbocycles. The van der Waals surface area contributed by atoms with Gasteiger partial charge in [-0.2, -0.15) is 10.2 Å². The van der Waals surface area contributed by atoms with E-state index in [9.17, 15) is 23.2 Å². The van der Waals surface area contributed by atoms with Gasteiger partial charge in [0.15, 0.2) is 11.6 Å². The maximum Gasteiger partial charge on any atom is 0.257 e. The van der Waals surface area contributed by atoms with Crippen molar-refractivity contribution in [2.75, 3.05) is 16.4 Å². The molecule has 0 aliphatic carbocycles. The molecule has 2 aliphatic rings. The van der Waals surface area contributed by atoms with E-state index in [1.54, 1.807) is 98.0 Å². The summed E-state index contributed by atoms with van der Waals surface area (Å²) in [6.45, 7) is 7.44. The fourth-order valence-electron chi connectivity index (χ4n) is 6.07. The Hall–Kier alpha value is -6.58. The Balaban J connectivity index is 0.000000162. The summed E-state index contributed by atoms with van der Waals surface area (Å²) in [6, 6.07) is 16.4. The molecule has 8 rings (SSSR count). The van der Waals surface area contributed by atoms with Crippen LogP contribution in [0.1, 0.15) is 49.9 Å². The number of carbonyl (C=O) groups excluding carboxylic acids is 2. The summed E-state index contributed by atoms with van der Waals surface area (Å²) in [5.74, 6) is 0.436. The van der Waals surface area contributed by atoms with Crippen LogP contribution in [0.3, 0.4) is 0 Å². The van der Waals surface area contributed by atoms with Gasteiger partial charge in [0.25, 0.3) is 5.56 Å². The SMILES string of the molecule is CC1(C)C(=O)Nc2nc(-c3ccn(Cc4ccccc4F)n3)[nH]c(=O)c21.CC1(C)C(=O)Nc2nc(-c3ccn(Cc4ccccc4F)n3)nc(N)c21. The summed E-state index contributed by atoms with van der Waals surface area (Å²) < 4.78 is 30.7. The van der Waals surface area contributed by atoms with Gasteiger partial charge in [0, 0.05) is 23.5 Å². The first kappa shape index (κ1) is 33.9. The Bertz CT molecular complexity index is 2450. The third-order valence-corrected chi connectivity index (χ3v) is 9.04. The molecule has 0 spiro atoms. The van der Waals surface area contributed by atoms with Crippen molar-refractivity contribution >= 4 is 29.3 Å². The highest BCUT2D eigenvalue weighted by Crippen LogP contribution is 2.40. The van der Waals surface area contributed by atoms with E-state index in [1.807, 2.05) is 0 Å². The highest BCUT2D eigenvalue weighted by molar-refractivity contribution is 6.06. The summed E-state index contributed by atoms with van der Waals surface area (Å²) in [6.07, 6.45) is 3.40. The Morgan fingerprint density at radius 2 is 1.17 bits per heavy atom. The Kier molecular flexibility index (Phi) is 8.23. The van der Waals surface area contributed by atoms with Crippen LogP contribution < -0.4 is 21.9 Å². The van der Waals surface area contributed by atoms with Gasteiger partial charge in [0.2, 0.25) is 11.8 Å². The van der Waals surface area contributed by atoms with Crippen LogP contribution in [0.4, 0.5) is 26.2 Å². The number of fused-ring (bicyclic) bond motifs is 2. The molecule has 52 heavy (non-hydrogen) atoms. The molecule has 6 aromatic rings. The number of halogens is 2. The van der Waals surface area contributed by atoms with Gasteiger partial charge in [-0.25, -0.2) is 23.7 Å². The molecule has 2 aliphatic heterocycles. The van der Waals surface area contributed by atoms with Crippen LogP contribution in [0, 0.1) is 11.6 Å². The second-order valence-corrected chi connectivity index (χ2v) is 13.4. The lowest BCUT2D eigenvalue weighted by atomic mass is 9.87. The Morgan fingerprint density at radius 3 is 1.75 bits per heavy atom. The van der Waals surface area contributed by atoms with Crippen LogP contribution in [0.5, 0.6) is 0 Å². The van der Waals surface area contributed by atoms with Gasteiger partial charge in [-0.05, 0) is 52.0 Å². The average Bonchev–Trinajstić information content (AvgIpc) is 3.85. The number of H-pyrrole nitrogens is 1. The molecule has 0 saturated heterocycles. The molecule has 6 heterocycles. The normalized spacial score (nSPS) is 15.0. The van der Waals surface area contributed by atoms with Crippen molar-refractivity contribution in [1.29, 1.82) is 0 Å². The molecule has 0 fully saturated rings. The number of carbonyl (C=O) groups is 2. The fourth-order valence-corrected chi connectivity index (χ4v) is 6.07. The summed E-state index contributed by atoms with van der Waals surface area (Å²) in [5, 5.41) is 14.1. The lowest BCUT2D eigenvalue weighted by Gasteiger charge is -2.15. The minimum atomic E-state index is -0.932. The monoisotopic (exact) mass is 705 g/mol. The molecule has 0 atom stereocenters. The van der Waals surface area contributed by atoms with E-state index in [-0.39, 0.29) is 59.6 Å². The summed E-state index contributed by atoms with van der Waals surface area (Å²) in [7, 11) is 0. The number of benzene rings is 2. The third-order valence-electron chi connectivity index (χ3n) is 9.04. The van der Waals surface area contributed by atoms with E-state index in [0.717, 1.165) is 0 Å². The second kappa shape index (κ2) is 12.6. The van der Waals surface area contributed by atoms with E-state index in [4.69, 9.17) is 5.73 Å². The molecular weight excluding hydrogens is 672 g/mol. The largest absolute Gasteiger partial charge is 0.383 e.